The molecule has 0 aliphatic rings. The van der Waals surface area contributed by atoms with E-state index in [0.717, 1.165) is 12.1 Å². The topological polar surface area (TPSA) is 74.9 Å². The Morgan fingerprint density at radius 1 is 1.35 bits per heavy atom. The smallest absolute Gasteiger partial charge is 0.255 e. The number of pyridine rings is 1. The number of anilines is 1. The molecule has 0 spiro atoms. The van der Waals surface area contributed by atoms with Crippen LogP contribution in [0.3, 0.4) is 0 Å². The van der Waals surface area contributed by atoms with Gasteiger partial charge in [0, 0.05) is 24.9 Å². The average Bonchev–Trinajstić information content (AvgIpc) is 2.43. The van der Waals surface area contributed by atoms with E-state index in [0.29, 0.717) is 0 Å². The highest BCUT2D eigenvalue weighted by molar-refractivity contribution is 6.04. The van der Waals surface area contributed by atoms with Crippen molar-refractivity contribution in [3.05, 3.63) is 63.8 Å². The third-order valence-electron chi connectivity index (χ3n) is 2.72. The number of hydrogen-bond donors (Lipinski definition) is 1. The van der Waals surface area contributed by atoms with Crippen LogP contribution in [0, 0.1) is 17.1 Å². The van der Waals surface area contributed by atoms with Gasteiger partial charge in [0.1, 0.15) is 11.9 Å². The van der Waals surface area contributed by atoms with Gasteiger partial charge in [0.25, 0.3) is 11.5 Å². The van der Waals surface area contributed by atoms with Crippen LogP contribution in [-0.2, 0) is 7.05 Å². The highest BCUT2D eigenvalue weighted by Crippen LogP contribution is 2.16. The van der Waals surface area contributed by atoms with E-state index >= 15 is 0 Å². The minimum absolute atomic E-state index is 0.0159. The van der Waals surface area contributed by atoms with Gasteiger partial charge in [0.2, 0.25) is 0 Å². The molecule has 1 heterocycles. The van der Waals surface area contributed by atoms with Crippen molar-refractivity contribution >= 4 is 11.6 Å². The minimum atomic E-state index is -0.562. The molecule has 0 radical (unpaired) electrons. The normalized spacial score (nSPS) is 9.85. The fraction of sp³-hybridized carbons (Fsp3) is 0.0714. The molecule has 5 nitrogen and oxygen atoms in total. The van der Waals surface area contributed by atoms with Crippen molar-refractivity contribution in [3.63, 3.8) is 0 Å². The van der Waals surface area contributed by atoms with Gasteiger partial charge in [0.15, 0.2) is 0 Å². The van der Waals surface area contributed by atoms with Crippen LogP contribution in [0.2, 0.25) is 0 Å². The number of nitrogens with one attached hydrogen (secondary N) is 1. The summed E-state index contributed by atoms with van der Waals surface area (Å²) in [5, 5.41) is 11.4. The standard InChI is InChI=1S/C14H10FN3O2/c1-18-5-4-9(7-13(18)19)14(20)17-12-3-2-11(15)6-10(12)8-16/h2-7H,1H3,(H,17,20). The molecule has 1 N–H and O–H groups in total. The number of carbonyl (C=O) groups excluding carboxylic acids is 1. The Labute approximate surface area is 113 Å². The van der Waals surface area contributed by atoms with E-state index in [1.165, 1.54) is 29.0 Å². The number of carbonyl (C=O) groups is 1. The summed E-state index contributed by atoms with van der Waals surface area (Å²) in [6.45, 7) is 0. The van der Waals surface area contributed by atoms with Gasteiger partial charge in [-0.15, -0.1) is 0 Å². The van der Waals surface area contributed by atoms with E-state index in [4.69, 9.17) is 5.26 Å². The lowest BCUT2D eigenvalue weighted by Gasteiger charge is -2.07. The molecule has 0 saturated heterocycles. The van der Waals surface area contributed by atoms with E-state index in [9.17, 15) is 14.0 Å². The van der Waals surface area contributed by atoms with E-state index in [1.54, 1.807) is 13.1 Å². The van der Waals surface area contributed by atoms with E-state index in [-0.39, 0.29) is 22.4 Å². The predicted octanol–water partition coefficient (Wildman–Crippen LogP) is 1.65. The number of hydrogen-bond acceptors (Lipinski definition) is 3. The largest absolute Gasteiger partial charge is 0.321 e. The third-order valence-corrected chi connectivity index (χ3v) is 2.72. The van der Waals surface area contributed by atoms with Gasteiger partial charge in [-0.25, -0.2) is 4.39 Å². The van der Waals surface area contributed by atoms with Crippen LogP contribution in [0.4, 0.5) is 10.1 Å². The fourth-order valence-corrected chi connectivity index (χ4v) is 1.60. The monoisotopic (exact) mass is 271 g/mol. The zero-order valence-electron chi connectivity index (χ0n) is 10.6. The number of aromatic nitrogens is 1. The first-order valence-electron chi connectivity index (χ1n) is 5.69. The molecule has 100 valence electrons. The zero-order chi connectivity index (χ0) is 14.7. The molecular weight excluding hydrogens is 261 g/mol. The van der Waals surface area contributed by atoms with Gasteiger partial charge >= 0.3 is 0 Å². The Hall–Kier alpha value is -2.94. The first-order chi connectivity index (χ1) is 9.51. The molecule has 0 fully saturated rings. The fourth-order valence-electron chi connectivity index (χ4n) is 1.60. The Balaban J connectivity index is 2.30. The van der Waals surface area contributed by atoms with Gasteiger partial charge in [0.05, 0.1) is 11.3 Å². The number of nitrogens with zero attached hydrogens (tertiary/aromatic N) is 2. The molecule has 0 atom stereocenters. The molecular formula is C14H10FN3O2. The maximum Gasteiger partial charge on any atom is 0.255 e. The van der Waals surface area contributed by atoms with Gasteiger partial charge in [-0.05, 0) is 24.3 Å². The summed E-state index contributed by atoms with van der Waals surface area (Å²) in [7, 11) is 1.57. The molecule has 0 unspecified atom stereocenters. The number of aryl methyl sites for hydroxylation is 1. The van der Waals surface area contributed by atoms with Gasteiger partial charge in [-0.1, -0.05) is 0 Å². The molecule has 6 heteroatoms. The average molecular weight is 271 g/mol. The number of amides is 1. The summed E-state index contributed by atoms with van der Waals surface area (Å²) in [5.41, 5.74) is 0.0559. The lowest BCUT2D eigenvalue weighted by Crippen LogP contribution is -2.20. The van der Waals surface area contributed by atoms with Gasteiger partial charge in [-0.2, -0.15) is 5.26 Å². The molecule has 20 heavy (non-hydrogen) atoms. The van der Waals surface area contributed by atoms with Crippen molar-refractivity contribution < 1.29 is 9.18 Å². The van der Waals surface area contributed by atoms with Gasteiger partial charge < -0.3 is 9.88 Å². The molecule has 2 aromatic rings. The third kappa shape index (κ3) is 2.72. The Kier molecular flexibility index (Phi) is 3.62. The van der Waals surface area contributed by atoms with Crippen LogP contribution in [-0.4, -0.2) is 10.5 Å². The summed E-state index contributed by atoms with van der Waals surface area (Å²) in [5.74, 6) is -1.10. The van der Waals surface area contributed by atoms with E-state index < -0.39 is 11.7 Å². The van der Waals surface area contributed by atoms with Crippen molar-refractivity contribution in [1.29, 1.82) is 5.26 Å². The lowest BCUT2D eigenvalue weighted by atomic mass is 10.1. The summed E-state index contributed by atoms with van der Waals surface area (Å²) in [4.78, 5) is 23.4. The van der Waals surface area contributed by atoms with Crippen LogP contribution >= 0.6 is 0 Å². The Morgan fingerprint density at radius 2 is 2.10 bits per heavy atom. The van der Waals surface area contributed by atoms with Crippen molar-refractivity contribution in [1.82, 2.24) is 4.57 Å². The summed E-state index contributed by atoms with van der Waals surface area (Å²) in [6, 6.07) is 7.92. The molecule has 0 saturated carbocycles. The van der Waals surface area contributed by atoms with Gasteiger partial charge in [-0.3, -0.25) is 9.59 Å². The number of halogens is 1. The highest BCUT2D eigenvalue weighted by Gasteiger charge is 2.10. The first-order valence-corrected chi connectivity index (χ1v) is 5.69. The Bertz CT molecular complexity index is 775. The minimum Gasteiger partial charge on any atom is -0.321 e. The molecule has 0 aliphatic heterocycles. The quantitative estimate of drug-likeness (QED) is 0.902. The van der Waals surface area contributed by atoms with Crippen LogP contribution < -0.4 is 10.9 Å². The summed E-state index contributed by atoms with van der Waals surface area (Å²) in [6.07, 6.45) is 1.47. The molecule has 1 aromatic carbocycles. The number of nitriles is 1. The maximum absolute atomic E-state index is 13.0. The Morgan fingerprint density at radius 3 is 2.75 bits per heavy atom. The summed E-state index contributed by atoms with van der Waals surface area (Å²) < 4.78 is 14.3. The van der Waals surface area contributed by atoms with Crippen LogP contribution in [0.1, 0.15) is 15.9 Å². The van der Waals surface area contributed by atoms with E-state index in [2.05, 4.69) is 5.32 Å². The molecule has 1 aromatic heterocycles. The first kappa shape index (κ1) is 13.5. The molecule has 1 amide bonds. The van der Waals surface area contributed by atoms with Crippen LogP contribution in [0.5, 0.6) is 0 Å². The second kappa shape index (κ2) is 5.36. The zero-order valence-corrected chi connectivity index (χ0v) is 10.6. The lowest BCUT2D eigenvalue weighted by molar-refractivity contribution is 0.102. The van der Waals surface area contributed by atoms with Crippen molar-refractivity contribution in [2.75, 3.05) is 5.32 Å². The molecule has 0 bridgehead atoms. The molecule has 0 aliphatic carbocycles. The predicted molar refractivity (Wildman–Crippen MR) is 70.8 cm³/mol. The van der Waals surface area contributed by atoms with Crippen molar-refractivity contribution in [2.24, 2.45) is 7.05 Å². The van der Waals surface area contributed by atoms with Crippen molar-refractivity contribution in [3.8, 4) is 6.07 Å². The SMILES string of the molecule is Cn1ccc(C(=O)Nc2ccc(F)cc2C#N)cc1=O. The number of rotatable bonds is 2. The number of benzene rings is 1. The maximum atomic E-state index is 13.0. The van der Waals surface area contributed by atoms with Crippen LogP contribution in [0.25, 0.3) is 0 Å². The highest BCUT2D eigenvalue weighted by atomic mass is 19.1. The second-order valence-corrected chi connectivity index (χ2v) is 4.12. The van der Waals surface area contributed by atoms with E-state index in [1.807, 2.05) is 0 Å². The summed E-state index contributed by atoms with van der Waals surface area (Å²) >= 11 is 0. The second-order valence-electron chi connectivity index (χ2n) is 4.12. The molecule has 2 rings (SSSR count). The van der Waals surface area contributed by atoms with Crippen LogP contribution in [0.15, 0.2) is 41.3 Å². The van der Waals surface area contributed by atoms with Crippen molar-refractivity contribution in [2.45, 2.75) is 0 Å².